The Hall–Kier alpha value is -10.9. The maximum absolute atomic E-state index is 4.92. The van der Waals surface area contributed by atoms with Gasteiger partial charge in [0.25, 0.3) is 0 Å². The lowest BCUT2D eigenvalue weighted by Crippen LogP contribution is -2.11. The van der Waals surface area contributed by atoms with Crippen LogP contribution in [0.5, 0.6) is 0 Å². The summed E-state index contributed by atoms with van der Waals surface area (Å²) in [5.74, 6) is 0. The molecule has 17 aromatic rings. The molecule has 1 unspecified atom stereocenters. The van der Waals surface area contributed by atoms with Gasteiger partial charge in [-0.1, -0.05) is 194 Å². The Balaban J connectivity index is 0.827. The van der Waals surface area contributed by atoms with E-state index in [1.54, 1.807) is 11.3 Å². The summed E-state index contributed by atoms with van der Waals surface area (Å²) < 4.78 is 2.41. The zero-order valence-corrected chi connectivity index (χ0v) is 49.3. The van der Waals surface area contributed by atoms with Crippen molar-refractivity contribution >= 4 is 141 Å². The normalized spacial score (nSPS) is 13.3. The molecule has 0 saturated heterocycles. The second kappa shape index (κ2) is 20.4. The van der Waals surface area contributed by atoms with Crippen molar-refractivity contribution in [2.75, 3.05) is 9.80 Å². The molecule has 0 fully saturated rings. The number of rotatable bonds is 9. The maximum atomic E-state index is 4.92. The molecule has 6 heteroatoms. The first-order chi connectivity index (χ1) is 43.6. The largest absolute Gasteiger partial charge is 0.310 e. The number of fused-ring (bicyclic) bond motifs is 16. The van der Waals surface area contributed by atoms with E-state index in [0.717, 1.165) is 45.0 Å². The first kappa shape index (κ1) is 50.4. The summed E-state index contributed by atoms with van der Waals surface area (Å²) >= 11 is 1.80. The fourth-order valence-corrected chi connectivity index (χ4v) is 17.8. The van der Waals surface area contributed by atoms with Gasteiger partial charge in [-0.15, -0.1) is 11.3 Å². The number of pyridine rings is 2. The Kier molecular flexibility index (Phi) is 11.7. The molecule has 0 spiro atoms. The monoisotopic (exact) mass is 1160 g/mol. The predicted molar refractivity (Wildman–Crippen MR) is 376 cm³/mol. The Morgan fingerprint density at radius 3 is 1.56 bits per heavy atom. The van der Waals surface area contributed by atoms with Crippen LogP contribution in [0, 0.1) is 0 Å². The fraction of sp³-hybridized carbons (Fsp3) is 0. The van der Waals surface area contributed by atoms with Gasteiger partial charge >= 0.3 is 0 Å². The van der Waals surface area contributed by atoms with Crippen molar-refractivity contribution in [1.82, 2.24) is 9.97 Å². The molecule has 412 valence electrons. The molecule has 3 aromatic heterocycles. The number of anilines is 6. The Bertz CT molecular complexity index is 5650. The second-order valence-electron chi connectivity index (χ2n) is 22.9. The van der Waals surface area contributed by atoms with Crippen LogP contribution in [0.4, 0.5) is 34.1 Å². The number of thiol groups is 1. The van der Waals surface area contributed by atoms with Crippen molar-refractivity contribution in [2.45, 2.75) is 14.7 Å². The summed E-state index contributed by atoms with van der Waals surface area (Å²) in [6.07, 6.45) is 6.02. The summed E-state index contributed by atoms with van der Waals surface area (Å²) in [7, 11) is -1.08. The molecule has 1 atom stereocenters. The third kappa shape index (κ3) is 8.07. The SMILES string of the molecule is c1ccc(-c2ccc(N(c3ccc4sc5cccnc5c4c3)c3cc4c5ccccc5c([SH]5c6ccc(N(c7ccc(-c8ccccc8)cc7)c7cc8ccc9ccccc9c8c8ccccc78)cc6-c6ccncc65)cc4c4ccccc34)cc2)cc1. The summed E-state index contributed by atoms with van der Waals surface area (Å²) in [4.78, 5) is 18.7. The topological polar surface area (TPSA) is 32.3 Å². The first-order valence-corrected chi connectivity index (χ1v) is 32.1. The van der Waals surface area contributed by atoms with E-state index in [2.05, 4.69) is 301 Å². The minimum Gasteiger partial charge on any atom is -0.310 e. The molecule has 0 amide bonds. The van der Waals surface area contributed by atoms with Crippen LogP contribution in [0.3, 0.4) is 0 Å². The van der Waals surface area contributed by atoms with Gasteiger partial charge in [-0.05, 0) is 184 Å². The maximum Gasteiger partial charge on any atom is 0.0889 e. The molecule has 0 radical (unpaired) electrons. The lowest BCUT2D eigenvalue weighted by Gasteiger charge is -2.29. The fourth-order valence-electron chi connectivity index (χ4n) is 14.0. The van der Waals surface area contributed by atoms with Crippen LogP contribution in [0.15, 0.2) is 324 Å². The number of thiophene rings is 1. The number of aromatic nitrogens is 2. The van der Waals surface area contributed by atoms with Gasteiger partial charge in [-0.2, -0.15) is 10.9 Å². The Morgan fingerprint density at radius 1 is 0.295 bits per heavy atom. The van der Waals surface area contributed by atoms with E-state index in [1.807, 2.05) is 18.5 Å². The number of nitrogens with zero attached hydrogens (tertiary/aromatic N) is 4. The third-order valence-corrected chi connectivity index (χ3v) is 21.7. The molecule has 0 aliphatic carbocycles. The molecular weight excluding hydrogens is 1110 g/mol. The van der Waals surface area contributed by atoms with E-state index in [4.69, 9.17) is 9.97 Å². The lowest BCUT2D eigenvalue weighted by atomic mass is 9.94. The molecule has 0 bridgehead atoms. The Morgan fingerprint density at radius 2 is 0.841 bits per heavy atom. The summed E-state index contributed by atoms with van der Waals surface area (Å²) in [5, 5.41) is 15.9. The van der Waals surface area contributed by atoms with Crippen LogP contribution in [0.25, 0.3) is 118 Å². The lowest BCUT2D eigenvalue weighted by molar-refractivity contribution is 1.24. The minimum atomic E-state index is -1.08. The van der Waals surface area contributed by atoms with Crippen molar-refractivity contribution in [3.8, 4) is 33.4 Å². The predicted octanol–water partition coefficient (Wildman–Crippen LogP) is 23.5. The minimum absolute atomic E-state index is 1.03. The van der Waals surface area contributed by atoms with Gasteiger partial charge in [0, 0.05) is 76.9 Å². The van der Waals surface area contributed by atoms with Crippen LogP contribution in [0.2, 0.25) is 0 Å². The highest BCUT2D eigenvalue weighted by Gasteiger charge is 2.32. The third-order valence-electron chi connectivity index (χ3n) is 18.0. The number of hydrogen-bond acceptors (Lipinski definition) is 5. The molecule has 14 aromatic carbocycles. The summed E-state index contributed by atoms with van der Waals surface area (Å²) in [6, 6.07) is 108. The molecule has 1 aliphatic heterocycles. The quantitative estimate of drug-likeness (QED) is 0.115. The molecular formula is C82H52N4S2. The van der Waals surface area contributed by atoms with Gasteiger partial charge in [-0.25, -0.2) is 0 Å². The van der Waals surface area contributed by atoms with E-state index in [0.29, 0.717) is 0 Å². The Labute approximate surface area is 515 Å². The highest BCUT2D eigenvalue weighted by atomic mass is 32.2. The highest BCUT2D eigenvalue weighted by Crippen LogP contribution is 2.65. The van der Waals surface area contributed by atoms with Crippen molar-refractivity contribution in [3.63, 3.8) is 0 Å². The van der Waals surface area contributed by atoms with Crippen LogP contribution < -0.4 is 9.80 Å². The van der Waals surface area contributed by atoms with Gasteiger partial charge in [0.1, 0.15) is 0 Å². The molecule has 4 nitrogen and oxygen atoms in total. The second-order valence-corrected chi connectivity index (χ2v) is 26.1. The van der Waals surface area contributed by atoms with Gasteiger partial charge < -0.3 is 9.80 Å². The van der Waals surface area contributed by atoms with E-state index in [-0.39, 0.29) is 0 Å². The number of hydrogen-bond donors (Lipinski definition) is 1. The van der Waals surface area contributed by atoms with E-state index in [9.17, 15) is 0 Å². The van der Waals surface area contributed by atoms with Crippen LogP contribution in [-0.4, -0.2) is 9.97 Å². The van der Waals surface area contributed by atoms with Gasteiger partial charge in [0.15, 0.2) is 0 Å². The molecule has 0 N–H and O–H groups in total. The molecule has 0 saturated carbocycles. The van der Waals surface area contributed by atoms with Crippen LogP contribution in [-0.2, 0) is 0 Å². The zero-order valence-electron chi connectivity index (χ0n) is 47.6. The summed E-state index contributed by atoms with van der Waals surface area (Å²) in [6.45, 7) is 0. The first-order valence-electron chi connectivity index (χ1n) is 29.9. The smallest absolute Gasteiger partial charge is 0.0889 e. The van der Waals surface area contributed by atoms with Gasteiger partial charge in [0.05, 0.1) is 21.6 Å². The van der Waals surface area contributed by atoms with Crippen molar-refractivity contribution in [2.24, 2.45) is 0 Å². The van der Waals surface area contributed by atoms with Gasteiger partial charge in [-0.3, -0.25) is 9.97 Å². The average Bonchev–Trinajstić information content (AvgIpc) is 1.34. The van der Waals surface area contributed by atoms with Crippen LogP contribution >= 0.6 is 22.2 Å². The van der Waals surface area contributed by atoms with Crippen molar-refractivity contribution < 1.29 is 0 Å². The molecule has 4 heterocycles. The van der Waals surface area contributed by atoms with Gasteiger partial charge in [0.2, 0.25) is 0 Å². The highest BCUT2D eigenvalue weighted by molar-refractivity contribution is 8.17. The zero-order chi connectivity index (χ0) is 57.8. The van der Waals surface area contributed by atoms with Crippen molar-refractivity contribution in [3.05, 3.63) is 310 Å². The van der Waals surface area contributed by atoms with E-state index >= 15 is 0 Å². The average molecular weight is 1160 g/mol. The van der Waals surface area contributed by atoms with E-state index in [1.165, 1.54) is 122 Å². The standard InChI is InChI=1S/C82H52N4S2/c1-3-16-52(17-4-1)54-31-35-58(36-32-54)85(74-46-57-30-29-56-20-7-8-21-62(56)81(57)69-27-14-12-25-66(69)74)61-40-42-78-72(47-61)68-43-45-83-51-80(68)88(78)79-50-71-63-22-9-11-24-65(63)75(49-70(71)64-23-10-13-26-67(64)79)86(59-37-33-55(34-38-59)53-18-5-2-6-19-53)60-39-41-76-73(48-60)82-77(87-76)28-15-44-84-82/h1-51,88H. The molecule has 1 aliphatic rings. The molecule has 18 rings (SSSR count). The number of benzene rings is 14. The molecule has 88 heavy (non-hydrogen) atoms. The van der Waals surface area contributed by atoms with Crippen molar-refractivity contribution in [1.29, 1.82) is 0 Å². The van der Waals surface area contributed by atoms with E-state index < -0.39 is 10.9 Å². The van der Waals surface area contributed by atoms with Crippen LogP contribution in [0.1, 0.15) is 0 Å². The summed E-state index contributed by atoms with van der Waals surface area (Å²) in [5.41, 5.74) is 14.9.